The number of rotatable bonds is 7. The molecular formula is C19H20ClN3OS. The number of benzene rings is 2. The molecule has 0 radical (unpaired) electrons. The minimum atomic E-state index is 0.705. The van der Waals surface area contributed by atoms with E-state index in [0.717, 1.165) is 41.0 Å². The van der Waals surface area contributed by atoms with Gasteiger partial charge >= 0.3 is 0 Å². The van der Waals surface area contributed by atoms with Gasteiger partial charge in [0.1, 0.15) is 5.75 Å². The van der Waals surface area contributed by atoms with Crippen molar-refractivity contribution >= 4 is 23.4 Å². The molecule has 0 aliphatic heterocycles. The van der Waals surface area contributed by atoms with Gasteiger partial charge in [-0.2, -0.15) is 0 Å². The maximum Gasteiger partial charge on any atom is 0.191 e. The first-order valence-corrected chi connectivity index (χ1v) is 9.52. The molecule has 2 aromatic carbocycles. The molecule has 0 bridgehead atoms. The maximum absolute atomic E-state index is 6.10. The van der Waals surface area contributed by atoms with Crippen molar-refractivity contribution in [3.8, 4) is 17.1 Å². The highest BCUT2D eigenvalue weighted by Gasteiger charge is 2.13. The third-order valence-electron chi connectivity index (χ3n) is 3.90. The van der Waals surface area contributed by atoms with Crippen LogP contribution in [0.25, 0.3) is 11.4 Å². The van der Waals surface area contributed by atoms with Crippen LogP contribution in [0.2, 0.25) is 5.02 Å². The van der Waals surface area contributed by atoms with Crippen molar-refractivity contribution in [2.75, 3.05) is 12.9 Å². The van der Waals surface area contributed by atoms with E-state index < -0.39 is 0 Å². The molecule has 25 heavy (non-hydrogen) atoms. The van der Waals surface area contributed by atoms with E-state index in [9.17, 15) is 0 Å². The Hall–Kier alpha value is -1.98. The Labute approximate surface area is 157 Å². The Morgan fingerprint density at radius 2 is 1.92 bits per heavy atom. The molecule has 130 valence electrons. The lowest BCUT2D eigenvalue weighted by Crippen LogP contribution is -2.00. The van der Waals surface area contributed by atoms with Crippen LogP contribution in [0.5, 0.6) is 5.75 Å². The number of halogens is 1. The third-order valence-corrected chi connectivity index (χ3v) is 5.10. The van der Waals surface area contributed by atoms with Gasteiger partial charge in [-0.15, -0.1) is 10.2 Å². The van der Waals surface area contributed by atoms with Gasteiger partial charge in [-0.25, -0.2) is 0 Å². The Morgan fingerprint density at radius 1 is 1.12 bits per heavy atom. The normalized spacial score (nSPS) is 10.8. The summed E-state index contributed by atoms with van der Waals surface area (Å²) in [6, 6.07) is 15.9. The van der Waals surface area contributed by atoms with Crippen molar-refractivity contribution in [1.82, 2.24) is 14.8 Å². The Balaban J connectivity index is 1.68. The van der Waals surface area contributed by atoms with Crippen molar-refractivity contribution < 1.29 is 4.74 Å². The van der Waals surface area contributed by atoms with Crippen molar-refractivity contribution in [3.05, 3.63) is 59.1 Å². The second-order valence-electron chi connectivity index (χ2n) is 5.51. The van der Waals surface area contributed by atoms with Crippen molar-refractivity contribution in [1.29, 1.82) is 0 Å². The Morgan fingerprint density at radius 3 is 2.60 bits per heavy atom. The van der Waals surface area contributed by atoms with E-state index in [4.69, 9.17) is 16.3 Å². The molecule has 1 aromatic heterocycles. The number of hydrogen-bond donors (Lipinski definition) is 0. The topological polar surface area (TPSA) is 39.9 Å². The van der Waals surface area contributed by atoms with Gasteiger partial charge in [0.25, 0.3) is 0 Å². The van der Waals surface area contributed by atoms with Gasteiger partial charge in [-0.05, 0) is 43.2 Å². The summed E-state index contributed by atoms with van der Waals surface area (Å²) in [6.45, 7) is 2.92. The quantitative estimate of drug-likeness (QED) is 0.548. The summed E-state index contributed by atoms with van der Waals surface area (Å²) in [5.41, 5.74) is 2.27. The largest absolute Gasteiger partial charge is 0.497 e. The van der Waals surface area contributed by atoms with Crippen LogP contribution in [-0.4, -0.2) is 27.6 Å². The van der Waals surface area contributed by atoms with Gasteiger partial charge in [0.2, 0.25) is 0 Å². The molecule has 0 atom stereocenters. The van der Waals surface area contributed by atoms with Crippen LogP contribution in [0.4, 0.5) is 0 Å². The third kappa shape index (κ3) is 4.35. The van der Waals surface area contributed by atoms with E-state index >= 15 is 0 Å². The van der Waals surface area contributed by atoms with Gasteiger partial charge in [0, 0.05) is 22.9 Å². The van der Waals surface area contributed by atoms with Crippen LogP contribution in [-0.2, 0) is 13.0 Å². The fourth-order valence-corrected chi connectivity index (χ4v) is 3.75. The lowest BCUT2D eigenvalue weighted by molar-refractivity contribution is 0.414. The van der Waals surface area contributed by atoms with E-state index in [1.165, 1.54) is 5.56 Å². The predicted octanol–water partition coefficient (Wildman–Crippen LogP) is 4.96. The zero-order chi connectivity index (χ0) is 17.6. The van der Waals surface area contributed by atoms with Gasteiger partial charge in [0.15, 0.2) is 11.0 Å². The molecule has 1 heterocycles. The van der Waals surface area contributed by atoms with Crippen LogP contribution >= 0.6 is 23.4 Å². The second kappa shape index (κ2) is 8.41. The number of methoxy groups -OCH3 is 1. The number of hydrogen-bond acceptors (Lipinski definition) is 4. The number of nitrogens with zero attached hydrogens (tertiary/aromatic N) is 3. The summed E-state index contributed by atoms with van der Waals surface area (Å²) in [4.78, 5) is 0. The standard InChI is InChI=1S/C19H20ClN3OS/c1-3-23-18(15-5-4-6-16(20)13-15)21-22-19(23)25-12-11-14-7-9-17(24-2)10-8-14/h4-10,13H,3,11-12H2,1-2H3. The molecule has 0 N–H and O–H groups in total. The predicted molar refractivity (Wildman–Crippen MR) is 104 cm³/mol. The minimum Gasteiger partial charge on any atom is -0.497 e. The van der Waals surface area contributed by atoms with Crippen molar-refractivity contribution in [3.63, 3.8) is 0 Å². The highest BCUT2D eigenvalue weighted by Crippen LogP contribution is 2.26. The molecule has 0 saturated heterocycles. The van der Waals surface area contributed by atoms with Crippen LogP contribution in [0.3, 0.4) is 0 Å². The minimum absolute atomic E-state index is 0.705. The average molecular weight is 374 g/mol. The average Bonchev–Trinajstić information content (AvgIpc) is 3.05. The fraction of sp³-hybridized carbons (Fsp3) is 0.263. The fourth-order valence-electron chi connectivity index (χ4n) is 2.57. The van der Waals surface area contributed by atoms with Gasteiger partial charge in [-0.3, -0.25) is 0 Å². The lowest BCUT2D eigenvalue weighted by Gasteiger charge is -2.08. The van der Waals surface area contributed by atoms with Crippen LogP contribution in [0.15, 0.2) is 53.7 Å². The molecule has 3 rings (SSSR count). The first-order valence-electron chi connectivity index (χ1n) is 8.16. The van der Waals surface area contributed by atoms with Gasteiger partial charge in [0.05, 0.1) is 7.11 Å². The monoisotopic (exact) mass is 373 g/mol. The molecule has 0 fully saturated rings. The summed E-state index contributed by atoms with van der Waals surface area (Å²) in [5.74, 6) is 2.69. The maximum atomic E-state index is 6.10. The van der Waals surface area contributed by atoms with Crippen LogP contribution in [0.1, 0.15) is 12.5 Å². The zero-order valence-corrected chi connectivity index (χ0v) is 15.8. The molecule has 0 spiro atoms. The molecule has 0 aliphatic rings. The lowest BCUT2D eigenvalue weighted by atomic mass is 10.2. The first-order chi connectivity index (χ1) is 12.2. The first kappa shape index (κ1) is 17.8. The van der Waals surface area contributed by atoms with Crippen molar-refractivity contribution in [2.45, 2.75) is 25.0 Å². The number of thioether (sulfide) groups is 1. The van der Waals surface area contributed by atoms with Crippen LogP contribution < -0.4 is 4.74 Å². The van der Waals surface area contributed by atoms with E-state index in [0.29, 0.717) is 5.02 Å². The molecule has 0 amide bonds. The molecule has 0 aliphatic carbocycles. The van der Waals surface area contributed by atoms with Crippen molar-refractivity contribution in [2.24, 2.45) is 0 Å². The summed E-state index contributed by atoms with van der Waals surface area (Å²) >= 11 is 7.82. The van der Waals surface area contributed by atoms with Gasteiger partial charge < -0.3 is 9.30 Å². The highest BCUT2D eigenvalue weighted by atomic mass is 35.5. The highest BCUT2D eigenvalue weighted by molar-refractivity contribution is 7.99. The summed E-state index contributed by atoms with van der Waals surface area (Å²) < 4.78 is 7.32. The number of aryl methyl sites for hydroxylation is 1. The SMILES string of the molecule is CCn1c(SCCc2ccc(OC)cc2)nnc1-c1cccc(Cl)c1. The molecule has 3 aromatic rings. The van der Waals surface area contributed by atoms with E-state index in [1.54, 1.807) is 18.9 Å². The summed E-state index contributed by atoms with van der Waals surface area (Å²) in [7, 11) is 1.68. The molecule has 0 saturated carbocycles. The molecule has 6 heteroatoms. The van der Waals surface area contributed by atoms with E-state index in [-0.39, 0.29) is 0 Å². The Kier molecular flexibility index (Phi) is 6.00. The second-order valence-corrected chi connectivity index (χ2v) is 7.01. The summed E-state index contributed by atoms with van der Waals surface area (Å²) in [6.07, 6.45) is 0.970. The molecular weight excluding hydrogens is 354 g/mol. The van der Waals surface area contributed by atoms with Gasteiger partial charge in [-0.1, -0.05) is 47.6 Å². The van der Waals surface area contributed by atoms with E-state index in [2.05, 4.69) is 33.8 Å². The smallest absolute Gasteiger partial charge is 0.191 e. The zero-order valence-electron chi connectivity index (χ0n) is 14.3. The Bertz CT molecular complexity index is 833. The number of aromatic nitrogens is 3. The van der Waals surface area contributed by atoms with Crippen LogP contribution in [0, 0.1) is 0 Å². The molecule has 4 nitrogen and oxygen atoms in total. The summed E-state index contributed by atoms with van der Waals surface area (Å²) in [5, 5.41) is 10.4. The molecule has 0 unspecified atom stereocenters. The van der Waals surface area contributed by atoms with E-state index in [1.807, 2.05) is 36.4 Å². The number of ether oxygens (including phenoxy) is 1.